The second kappa shape index (κ2) is 6.39. The van der Waals surface area contributed by atoms with Gasteiger partial charge in [0.1, 0.15) is 5.54 Å². The molecule has 1 spiro atoms. The van der Waals surface area contributed by atoms with Crippen LogP contribution in [0.3, 0.4) is 0 Å². The molecule has 7 heteroatoms. The van der Waals surface area contributed by atoms with Gasteiger partial charge in [-0.2, -0.15) is 5.01 Å². The number of carbonyl (C=O) groups is 2. The smallest absolute Gasteiger partial charge is 0.331 e. The molecule has 1 saturated carbocycles. The maximum Gasteiger partial charge on any atom is 0.344 e. The van der Waals surface area contributed by atoms with Crippen molar-refractivity contribution in [1.29, 1.82) is 0 Å². The number of anilines is 1. The summed E-state index contributed by atoms with van der Waals surface area (Å²) >= 11 is 5.28. The molecule has 1 aromatic carbocycles. The molecule has 0 unspecified atom stereocenters. The number of carbonyl (C=O) groups excluding carboxylic acids is 2. The minimum Gasteiger partial charge on any atom is -0.331 e. The quantitative estimate of drug-likeness (QED) is 0.567. The molecule has 3 N–H and O–H groups in total. The highest BCUT2D eigenvalue weighted by atomic mass is 32.1. The van der Waals surface area contributed by atoms with Crippen LogP contribution in [0.25, 0.3) is 0 Å². The summed E-state index contributed by atoms with van der Waals surface area (Å²) in [7, 11) is 0. The molecule has 0 atom stereocenters. The normalized spacial score (nSPS) is 19.3. The van der Waals surface area contributed by atoms with Crippen molar-refractivity contribution in [2.24, 2.45) is 0 Å². The average molecular weight is 346 g/mol. The number of aryl methyl sites for hydroxylation is 2. The van der Waals surface area contributed by atoms with Gasteiger partial charge in [0.15, 0.2) is 5.11 Å². The van der Waals surface area contributed by atoms with Gasteiger partial charge < -0.3 is 10.6 Å². The molecule has 1 aromatic rings. The molecule has 0 radical (unpaired) electrons. The van der Waals surface area contributed by atoms with Crippen LogP contribution in [0.2, 0.25) is 0 Å². The first-order valence-corrected chi connectivity index (χ1v) is 8.64. The third-order valence-electron chi connectivity index (χ3n) is 4.72. The summed E-state index contributed by atoms with van der Waals surface area (Å²) < 4.78 is 0. The molecular weight excluding hydrogens is 324 g/mol. The molecule has 1 heterocycles. The number of benzene rings is 1. The van der Waals surface area contributed by atoms with E-state index in [1.165, 1.54) is 0 Å². The van der Waals surface area contributed by atoms with Crippen LogP contribution in [0.15, 0.2) is 18.2 Å². The fraction of sp³-hybridized carbons (Fsp3) is 0.471. The Bertz CT molecular complexity index is 698. The third kappa shape index (κ3) is 3.08. The highest BCUT2D eigenvalue weighted by Crippen LogP contribution is 2.33. The summed E-state index contributed by atoms with van der Waals surface area (Å²) in [6.45, 7) is 3.96. The predicted octanol–water partition coefficient (Wildman–Crippen LogP) is 2.76. The van der Waals surface area contributed by atoms with Crippen molar-refractivity contribution in [2.45, 2.75) is 51.5 Å². The molecule has 3 rings (SSSR count). The standard InChI is InChI=1S/C17H22N4O2S/c1-11-6-7-12(2)13(10-11)18-15(24)20-21-14(22)17(19-16(21)23)8-4-3-5-9-17/h6-7,10H,3-5,8-9H2,1-2H3,(H,19,23)(H2,18,20,24). The Hall–Kier alpha value is -2.15. The fourth-order valence-electron chi connectivity index (χ4n) is 3.34. The summed E-state index contributed by atoms with van der Waals surface area (Å²) in [5.74, 6) is -0.239. The Morgan fingerprint density at radius 1 is 1.21 bits per heavy atom. The topological polar surface area (TPSA) is 73.5 Å². The Kier molecular flexibility index (Phi) is 4.45. The summed E-state index contributed by atoms with van der Waals surface area (Å²) in [6.07, 6.45) is 4.38. The number of urea groups is 1. The number of thiocarbonyl (C=S) groups is 1. The molecule has 1 saturated heterocycles. The van der Waals surface area contributed by atoms with E-state index in [0.29, 0.717) is 12.8 Å². The Morgan fingerprint density at radius 2 is 1.92 bits per heavy atom. The van der Waals surface area contributed by atoms with Gasteiger partial charge in [0.05, 0.1) is 0 Å². The summed E-state index contributed by atoms with van der Waals surface area (Å²) in [5.41, 5.74) is 4.97. The van der Waals surface area contributed by atoms with Crippen LogP contribution >= 0.6 is 12.2 Å². The fourth-order valence-corrected chi connectivity index (χ4v) is 3.54. The van der Waals surface area contributed by atoms with Gasteiger partial charge in [-0.05, 0) is 56.1 Å². The predicted molar refractivity (Wildman–Crippen MR) is 96.5 cm³/mol. The molecule has 6 nitrogen and oxygen atoms in total. The number of hydrogen-bond acceptors (Lipinski definition) is 3. The zero-order valence-electron chi connectivity index (χ0n) is 13.9. The van der Waals surface area contributed by atoms with E-state index in [0.717, 1.165) is 41.1 Å². The van der Waals surface area contributed by atoms with Crippen LogP contribution in [0, 0.1) is 13.8 Å². The highest BCUT2D eigenvalue weighted by Gasteiger charge is 2.51. The second-order valence-corrected chi connectivity index (χ2v) is 7.01. The van der Waals surface area contributed by atoms with E-state index in [1.807, 2.05) is 32.0 Å². The van der Waals surface area contributed by atoms with Crippen molar-refractivity contribution in [3.63, 3.8) is 0 Å². The van der Waals surface area contributed by atoms with Crippen molar-refractivity contribution in [3.05, 3.63) is 29.3 Å². The Labute approximate surface area is 146 Å². The number of nitrogens with zero attached hydrogens (tertiary/aromatic N) is 1. The molecule has 0 aromatic heterocycles. The summed E-state index contributed by atoms with van der Waals surface area (Å²) in [4.78, 5) is 24.9. The number of rotatable bonds is 2. The number of amides is 3. The maximum atomic E-state index is 12.7. The molecule has 1 aliphatic carbocycles. The van der Waals surface area contributed by atoms with Gasteiger partial charge >= 0.3 is 6.03 Å². The van der Waals surface area contributed by atoms with Crippen molar-refractivity contribution < 1.29 is 9.59 Å². The minimum atomic E-state index is -0.753. The van der Waals surface area contributed by atoms with E-state index >= 15 is 0 Å². The number of nitrogens with one attached hydrogen (secondary N) is 3. The van der Waals surface area contributed by atoms with Gasteiger partial charge in [0, 0.05) is 5.69 Å². The molecule has 1 aliphatic heterocycles. The lowest BCUT2D eigenvalue weighted by molar-refractivity contribution is -0.133. The highest BCUT2D eigenvalue weighted by molar-refractivity contribution is 7.80. The van der Waals surface area contributed by atoms with Gasteiger partial charge in [-0.25, -0.2) is 4.79 Å². The van der Waals surface area contributed by atoms with E-state index in [4.69, 9.17) is 12.2 Å². The van der Waals surface area contributed by atoms with Crippen LogP contribution in [0.1, 0.15) is 43.2 Å². The van der Waals surface area contributed by atoms with Crippen LogP contribution in [-0.4, -0.2) is 27.6 Å². The lowest BCUT2D eigenvalue weighted by atomic mass is 9.82. The average Bonchev–Trinajstić information content (AvgIpc) is 2.76. The lowest BCUT2D eigenvalue weighted by Crippen LogP contribution is -2.51. The van der Waals surface area contributed by atoms with Crippen molar-refractivity contribution in [1.82, 2.24) is 15.8 Å². The Balaban J connectivity index is 1.69. The van der Waals surface area contributed by atoms with Crippen molar-refractivity contribution >= 4 is 35.0 Å². The van der Waals surface area contributed by atoms with Crippen LogP contribution in [0.4, 0.5) is 10.5 Å². The lowest BCUT2D eigenvalue weighted by Gasteiger charge is -2.30. The van der Waals surface area contributed by atoms with Crippen molar-refractivity contribution in [2.75, 3.05) is 5.32 Å². The molecule has 128 valence electrons. The molecule has 0 bridgehead atoms. The first-order valence-electron chi connectivity index (χ1n) is 8.23. The largest absolute Gasteiger partial charge is 0.344 e. The zero-order valence-corrected chi connectivity index (χ0v) is 14.8. The van der Waals surface area contributed by atoms with Crippen LogP contribution in [0.5, 0.6) is 0 Å². The van der Waals surface area contributed by atoms with Crippen molar-refractivity contribution in [3.8, 4) is 0 Å². The second-order valence-electron chi connectivity index (χ2n) is 6.60. The van der Waals surface area contributed by atoms with Crippen LogP contribution < -0.4 is 16.1 Å². The maximum absolute atomic E-state index is 12.7. The van der Waals surface area contributed by atoms with Gasteiger partial charge in [-0.3, -0.25) is 10.2 Å². The van der Waals surface area contributed by atoms with E-state index in [-0.39, 0.29) is 11.0 Å². The number of hydrazine groups is 1. The van der Waals surface area contributed by atoms with E-state index in [9.17, 15) is 9.59 Å². The van der Waals surface area contributed by atoms with Gasteiger partial charge in [-0.15, -0.1) is 0 Å². The molecular formula is C17H22N4O2S. The van der Waals surface area contributed by atoms with E-state index < -0.39 is 11.6 Å². The molecule has 3 amide bonds. The SMILES string of the molecule is Cc1ccc(C)c(NC(=S)NN2C(=O)NC3(CCCCC3)C2=O)c1. The number of imide groups is 1. The first-order chi connectivity index (χ1) is 11.4. The number of hydrogen-bond donors (Lipinski definition) is 3. The summed E-state index contributed by atoms with van der Waals surface area (Å²) in [5, 5.41) is 7.13. The van der Waals surface area contributed by atoms with Gasteiger partial charge in [0.2, 0.25) is 0 Å². The summed E-state index contributed by atoms with van der Waals surface area (Å²) in [6, 6.07) is 5.54. The monoisotopic (exact) mass is 346 g/mol. The molecule has 2 aliphatic rings. The Morgan fingerprint density at radius 3 is 2.62 bits per heavy atom. The molecule has 2 fully saturated rings. The van der Waals surface area contributed by atoms with E-state index in [1.54, 1.807) is 0 Å². The zero-order chi connectivity index (χ0) is 17.3. The molecule has 24 heavy (non-hydrogen) atoms. The van der Waals surface area contributed by atoms with E-state index in [2.05, 4.69) is 16.1 Å². The minimum absolute atomic E-state index is 0.222. The van der Waals surface area contributed by atoms with Gasteiger partial charge in [-0.1, -0.05) is 31.4 Å². The first kappa shape index (κ1) is 16.7. The third-order valence-corrected chi connectivity index (χ3v) is 4.92. The van der Waals surface area contributed by atoms with Gasteiger partial charge in [0.25, 0.3) is 5.91 Å². The van der Waals surface area contributed by atoms with Crippen LogP contribution in [-0.2, 0) is 4.79 Å².